The Morgan fingerprint density at radius 3 is 2.38 bits per heavy atom. The molecule has 1 N–H and O–H groups in total. The number of anilines is 1. The van der Waals surface area contributed by atoms with Crippen molar-refractivity contribution in [3.63, 3.8) is 0 Å². The lowest BCUT2D eigenvalue weighted by Crippen LogP contribution is -2.41. The van der Waals surface area contributed by atoms with Gasteiger partial charge in [0, 0.05) is 25.3 Å². The van der Waals surface area contributed by atoms with Gasteiger partial charge in [0.15, 0.2) is 15.0 Å². The number of fused-ring (bicyclic) bond motifs is 1. The Bertz CT molecular complexity index is 1460. The van der Waals surface area contributed by atoms with Crippen LogP contribution >= 0.6 is 22.9 Å². The smallest absolute Gasteiger partial charge is 0.244 e. The molecule has 0 radical (unpaired) electrons. The predicted molar refractivity (Wildman–Crippen MR) is 131 cm³/mol. The van der Waals surface area contributed by atoms with Gasteiger partial charge in [0.05, 0.1) is 21.7 Å². The van der Waals surface area contributed by atoms with Gasteiger partial charge in [-0.1, -0.05) is 35.1 Å². The molecule has 0 aliphatic carbocycles. The number of halogens is 1. The summed E-state index contributed by atoms with van der Waals surface area (Å²) in [5, 5.41) is 3.68. The van der Waals surface area contributed by atoms with Crippen LogP contribution in [0.5, 0.6) is 5.75 Å². The van der Waals surface area contributed by atoms with E-state index in [1.165, 1.54) is 47.0 Å². The van der Waals surface area contributed by atoms with Gasteiger partial charge in [-0.15, -0.1) is 0 Å². The molecule has 1 fully saturated rings. The summed E-state index contributed by atoms with van der Waals surface area (Å²) in [5.41, 5.74) is 0.556. The van der Waals surface area contributed by atoms with E-state index in [1.807, 2.05) is 0 Å². The van der Waals surface area contributed by atoms with Crippen LogP contribution in [-0.4, -0.2) is 58.5 Å². The third-order valence-corrected chi connectivity index (χ3v) is 10.3. The number of hydrogen-bond acceptors (Lipinski definition) is 8. The van der Waals surface area contributed by atoms with E-state index in [0.717, 1.165) is 6.26 Å². The van der Waals surface area contributed by atoms with Crippen LogP contribution in [0.15, 0.2) is 46.2 Å². The maximum absolute atomic E-state index is 13.1. The maximum atomic E-state index is 13.1. The van der Waals surface area contributed by atoms with Gasteiger partial charge in [-0.25, -0.2) is 21.8 Å². The summed E-state index contributed by atoms with van der Waals surface area (Å²) in [6, 6.07) is 8.94. The summed E-state index contributed by atoms with van der Waals surface area (Å²) >= 11 is 7.47. The number of benzene rings is 2. The second kappa shape index (κ2) is 9.42. The number of rotatable bonds is 6. The fourth-order valence-electron chi connectivity index (χ4n) is 3.85. The van der Waals surface area contributed by atoms with Gasteiger partial charge < -0.3 is 10.1 Å². The summed E-state index contributed by atoms with van der Waals surface area (Å²) < 4.78 is 57.6. The molecule has 13 heteroatoms. The van der Waals surface area contributed by atoms with Crippen molar-refractivity contribution in [1.82, 2.24) is 9.29 Å². The highest BCUT2D eigenvalue weighted by atomic mass is 35.5. The van der Waals surface area contributed by atoms with E-state index in [0.29, 0.717) is 39.0 Å². The largest absolute Gasteiger partial charge is 0.494 e. The molecule has 1 saturated heterocycles. The van der Waals surface area contributed by atoms with Gasteiger partial charge in [0.1, 0.15) is 16.2 Å². The molecule has 1 aliphatic rings. The van der Waals surface area contributed by atoms with Gasteiger partial charge in [-0.2, -0.15) is 4.31 Å². The number of aromatic nitrogens is 1. The van der Waals surface area contributed by atoms with Crippen molar-refractivity contribution in [2.75, 3.05) is 31.8 Å². The highest BCUT2D eigenvalue weighted by Gasteiger charge is 2.34. The van der Waals surface area contributed by atoms with E-state index in [-0.39, 0.29) is 28.8 Å². The molecule has 0 bridgehead atoms. The monoisotopic (exact) mass is 543 g/mol. The molecule has 1 aliphatic heterocycles. The molecule has 2 aromatic carbocycles. The number of sulfonamides is 1. The summed E-state index contributed by atoms with van der Waals surface area (Å²) in [6.45, 7) is 0.190. The topological polar surface area (TPSA) is 123 Å². The van der Waals surface area contributed by atoms with Gasteiger partial charge in [0.2, 0.25) is 15.9 Å². The van der Waals surface area contributed by atoms with Crippen molar-refractivity contribution in [2.24, 2.45) is 5.92 Å². The molecule has 2 heterocycles. The molecular weight excluding hydrogens is 522 g/mol. The van der Waals surface area contributed by atoms with E-state index in [2.05, 4.69) is 10.3 Å². The van der Waals surface area contributed by atoms with Crippen molar-refractivity contribution < 1.29 is 26.4 Å². The number of carbonyl (C=O) groups excluding carboxylic acids is 1. The normalized spacial score (nSPS) is 16.0. The number of ether oxygens (including phenoxy) is 1. The van der Waals surface area contributed by atoms with E-state index >= 15 is 0 Å². The zero-order chi connectivity index (χ0) is 24.7. The van der Waals surface area contributed by atoms with Crippen molar-refractivity contribution in [2.45, 2.75) is 22.6 Å². The molecule has 3 aromatic rings. The molecule has 9 nitrogen and oxygen atoms in total. The first-order valence-corrected chi connectivity index (χ1v) is 14.8. The second-order valence-electron chi connectivity index (χ2n) is 7.83. The van der Waals surface area contributed by atoms with Gasteiger partial charge in [-0.05, 0) is 37.1 Å². The predicted octanol–water partition coefficient (Wildman–Crippen LogP) is 3.40. The van der Waals surface area contributed by atoms with Gasteiger partial charge >= 0.3 is 0 Å². The number of nitrogens with one attached hydrogen (secondary N) is 1. The zero-order valence-corrected chi connectivity index (χ0v) is 21.5. The summed E-state index contributed by atoms with van der Waals surface area (Å²) in [7, 11) is -6.23. The highest BCUT2D eigenvalue weighted by molar-refractivity contribution is 7.93. The summed E-state index contributed by atoms with van der Waals surface area (Å²) in [5.74, 6) is -0.132. The van der Waals surface area contributed by atoms with E-state index in [4.69, 9.17) is 16.3 Å². The Morgan fingerprint density at radius 2 is 1.76 bits per heavy atom. The average Bonchev–Trinajstić information content (AvgIpc) is 3.23. The number of amides is 1. The van der Waals surface area contributed by atoms with Crippen molar-refractivity contribution in [1.29, 1.82) is 0 Å². The lowest BCUT2D eigenvalue weighted by atomic mass is 9.97. The molecule has 1 aromatic heterocycles. The van der Waals surface area contributed by atoms with Crippen LogP contribution in [0.25, 0.3) is 10.2 Å². The van der Waals surface area contributed by atoms with Crippen LogP contribution in [0.3, 0.4) is 0 Å². The van der Waals surface area contributed by atoms with E-state index in [9.17, 15) is 21.6 Å². The molecular formula is C21H22ClN3O6S3. The lowest BCUT2D eigenvalue weighted by Gasteiger charge is -2.30. The molecule has 0 spiro atoms. The number of carbonyl (C=O) groups is 1. The third-order valence-electron chi connectivity index (χ3n) is 5.60. The Morgan fingerprint density at radius 1 is 1.12 bits per heavy atom. The summed E-state index contributed by atoms with van der Waals surface area (Å²) in [6.07, 6.45) is 1.56. The minimum absolute atomic E-state index is 0.0952. The summed E-state index contributed by atoms with van der Waals surface area (Å²) in [4.78, 5) is 16.8. The Labute approximate surface area is 206 Å². The van der Waals surface area contributed by atoms with Crippen LogP contribution in [0.4, 0.5) is 5.13 Å². The fourth-order valence-corrected chi connectivity index (χ4v) is 8.08. The van der Waals surface area contributed by atoms with Crippen LogP contribution in [0.1, 0.15) is 12.8 Å². The SMILES string of the molecule is COc1ccc(Cl)c2sc(NC(=O)C3CCN(S(=O)(=O)c4ccccc4S(C)(=O)=O)CC3)nc12. The van der Waals surface area contributed by atoms with Crippen LogP contribution in [0, 0.1) is 5.92 Å². The zero-order valence-electron chi connectivity index (χ0n) is 18.3. The van der Waals surface area contributed by atoms with Crippen molar-refractivity contribution >= 4 is 64.1 Å². The quantitative estimate of drug-likeness (QED) is 0.505. The number of piperidine rings is 1. The van der Waals surface area contributed by atoms with Gasteiger partial charge in [0.25, 0.3) is 0 Å². The van der Waals surface area contributed by atoms with Gasteiger partial charge in [-0.3, -0.25) is 4.79 Å². The minimum atomic E-state index is -4.03. The van der Waals surface area contributed by atoms with Crippen LogP contribution < -0.4 is 10.1 Å². The number of sulfone groups is 1. The van der Waals surface area contributed by atoms with E-state index in [1.54, 1.807) is 12.1 Å². The first kappa shape index (κ1) is 24.9. The molecule has 34 heavy (non-hydrogen) atoms. The first-order valence-electron chi connectivity index (χ1n) is 10.3. The Balaban J connectivity index is 1.47. The van der Waals surface area contributed by atoms with Crippen molar-refractivity contribution in [3.05, 3.63) is 41.4 Å². The fraction of sp³-hybridized carbons (Fsp3) is 0.333. The molecule has 182 valence electrons. The van der Waals surface area contributed by atoms with Crippen LogP contribution in [0.2, 0.25) is 5.02 Å². The highest BCUT2D eigenvalue weighted by Crippen LogP contribution is 2.37. The number of nitrogens with zero attached hydrogens (tertiary/aromatic N) is 2. The van der Waals surface area contributed by atoms with E-state index < -0.39 is 25.8 Å². The Hall–Kier alpha value is -2.25. The Kier molecular flexibility index (Phi) is 6.89. The third kappa shape index (κ3) is 4.78. The second-order valence-corrected chi connectivity index (χ2v) is 13.1. The average molecular weight is 544 g/mol. The number of hydrogen-bond donors (Lipinski definition) is 1. The molecule has 0 atom stereocenters. The molecule has 0 unspecified atom stereocenters. The maximum Gasteiger partial charge on any atom is 0.244 e. The minimum Gasteiger partial charge on any atom is -0.494 e. The standard InChI is InChI=1S/C21H22ClN3O6S3/c1-31-15-8-7-14(22)19-18(15)23-21(32-19)24-20(26)13-9-11-25(12-10-13)34(29,30)17-6-4-3-5-16(17)33(2,27)28/h3-8,13H,9-12H2,1-2H3,(H,23,24,26). The number of methoxy groups -OCH3 is 1. The molecule has 1 amide bonds. The molecule has 0 saturated carbocycles. The lowest BCUT2D eigenvalue weighted by molar-refractivity contribution is -0.120. The number of thiazole rings is 1. The first-order chi connectivity index (χ1) is 16.0. The van der Waals surface area contributed by atoms with Crippen LogP contribution in [-0.2, 0) is 24.7 Å². The molecule has 4 rings (SSSR count). The van der Waals surface area contributed by atoms with Crippen molar-refractivity contribution in [3.8, 4) is 5.75 Å².